The van der Waals surface area contributed by atoms with Crippen LogP contribution < -0.4 is 0 Å². The second kappa shape index (κ2) is 6.20. The van der Waals surface area contributed by atoms with Crippen molar-refractivity contribution in [3.05, 3.63) is 0 Å². The molecule has 0 fully saturated rings. The minimum atomic E-state index is 1.14. The molecule has 2 heteroatoms. The fraction of sp³-hybridized carbons (Fsp3) is 0.889. The maximum absolute atomic E-state index is 4.30. The molecule has 0 unspecified atom stereocenters. The zero-order valence-electron chi connectivity index (χ0n) is 8.22. The third-order valence-electron chi connectivity index (χ3n) is 1.51. The molecule has 0 aliphatic carbocycles. The van der Waals surface area contributed by atoms with E-state index in [4.69, 9.17) is 0 Å². The van der Waals surface area contributed by atoms with E-state index in [9.17, 15) is 0 Å². The molecule has 0 rings (SSSR count). The van der Waals surface area contributed by atoms with Crippen LogP contribution in [0, 0.1) is 0 Å². The van der Waals surface area contributed by atoms with Gasteiger partial charge in [0.25, 0.3) is 0 Å². The fourth-order valence-electron chi connectivity index (χ4n) is 1.02. The van der Waals surface area contributed by atoms with Crippen LogP contribution in [0.4, 0.5) is 0 Å². The first kappa shape index (κ1) is 10.5. The van der Waals surface area contributed by atoms with E-state index >= 15 is 0 Å². The van der Waals surface area contributed by atoms with Crippen molar-refractivity contribution >= 4 is 5.71 Å². The fourth-order valence-corrected chi connectivity index (χ4v) is 1.02. The molecule has 11 heavy (non-hydrogen) atoms. The first-order valence-corrected chi connectivity index (χ1v) is 4.38. The van der Waals surface area contributed by atoms with E-state index in [0.717, 1.165) is 6.42 Å². The Morgan fingerprint density at radius 3 is 2.36 bits per heavy atom. The van der Waals surface area contributed by atoms with Gasteiger partial charge in [-0.2, -0.15) is 5.10 Å². The van der Waals surface area contributed by atoms with Gasteiger partial charge in [-0.3, -0.25) is 0 Å². The molecule has 0 radical (unpaired) electrons. The van der Waals surface area contributed by atoms with E-state index in [1.165, 1.54) is 25.0 Å². The van der Waals surface area contributed by atoms with Crippen LogP contribution in [0.2, 0.25) is 0 Å². The van der Waals surface area contributed by atoms with Gasteiger partial charge in [-0.15, -0.1) is 0 Å². The molecular weight excluding hydrogens is 136 g/mol. The average molecular weight is 156 g/mol. The summed E-state index contributed by atoms with van der Waals surface area (Å²) in [6.45, 7) is 4.31. The summed E-state index contributed by atoms with van der Waals surface area (Å²) in [5.41, 5.74) is 1.24. The van der Waals surface area contributed by atoms with Crippen LogP contribution in [-0.2, 0) is 0 Å². The second-order valence-corrected chi connectivity index (χ2v) is 3.14. The lowest BCUT2D eigenvalue weighted by atomic mass is 10.1. The van der Waals surface area contributed by atoms with Crippen molar-refractivity contribution in [2.24, 2.45) is 5.10 Å². The van der Waals surface area contributed by atoms with Gasteiger partial charge in [0.15, 0.2) is 0 Å². The van der Waals surface area contributed by atoms with Crippen LogP contribution in [0.5, 0.6) is 0 Å². The first-order chi connectivity index (χ1) is 5.16. The normalized spacial score (nSPS) is 11.8. The summed E-state index contributed by atoms with van der Waals surface area (Å²) in [5, 5.41) is 6.16. The largest absolute Gasteiger partial charge is 0.303 e. The first-order valence-electron chi connectivity index (χ1n) is 4.38. The van der Waals surface area contributed by atoms with E-state index in [1.54, 1.807) is 0 Å². The molecule has 2 nitrogen and oxygen atoms in total. The van der Waals surface area contributed by atoms with E-state index in [-0.39, 0.29) is 0 Å². The number of unbranched alkanes of at least 4 members (excludes halogenated alkanes) is 2. The summed E-state index contributed by atoms with van der Waals surface area (Å²) >= 11 is 0. The van der Waals surface area contributed by atoms with Gasteiger partial charge in [0.1, 0.15) is 0 Å². The Morgan fingerprint density at radius 2 is 1.91 bits per heavy atom. The van der Waals surface area contributed by atoms with Crippen LogP contribution in [0.3, 0.4) is 0 Å². The minimum absolute atomic E-state index is 1.14. The monoisotopic (exact) mass is 156 g/mol. The Hall–Kier alpha value is -0.530. The Labute approximate surface area is 70.3 Å². The standard InChI is InChI=1S/C9H20N2/c1-5-6-7-8-9(2)10-11(3)4/h5-8H2,1-4H3/b10-9+. The predicted molar refractivity (Wildman–Crippen MR) is 50.9 cm³/mol. The average Bonchev–Trinajstić information content (AvgIpc) is 1.86. The Morgan fingerprint density at radius 1 is 1.27 bits per heavy atom. The van der Waals surface area contributed by atoms with E-state index in [1.807, 2.05) is 19.1 Å². The lowest BCUT2D eigenvalue weighted by Gasteiger charge is -2.06. The van der Waals surface area contributed by atoms with Crippen LogP contribution in [0.15, 0.2) is 5.10 Å². The molecular formula is C9H20N2. The minimum Gasteiger partial charge on any atom is -0.303 e. The van der Waals surface area contributed by atoms with Crippen LogP contribution in [0.25, 0.3) is 0 Å². The SMILES string of the molecule is CCCCC/C(C)=N/N(C)C. The smallest absolute Gasteiger partial charge is 0.0349 e. The van der Waals surface area contributed by atoms with E-state index < -0.39 is 0 Å². The Bertz CT molecular complexity index is 117. The summed E-state index contributed by atoms with van der Waals surface area (Å²) in [6.07, 6.45) is 5.03. The van der Waals surface area contributed by atoms with Crippen molar-refractivity contribution in [3.8, 4) is 0 Å². The molecule has 0 heterocycles. The lowest BCUT2D eigenvalue weighted by molar-refractivity contribution is 0.435. The molecule has 0 aromatic carbocycles. The topological polar surface area (TPSA) is 15.6 Å². The van der Waals surface area contributed by atoms with Crippen LogP contribution in [0.1, 0.15) is 39.5 Å². The highest BCUT2D eigenvalue weighted by Gasteiger charge is 1.91. The maximum atomic E-state index is 4.30. The summed E-state index contributed by atoms with van der Waals surface area (Å²) in [7, 11) is 3.92. The molecule has 0 saturated heterocycles. The predicted octanol–water partition coefficient (Wildman–Crippen LogP) is 2.50. The molecule has 66 valence electrons. The zero-order chi connectivity index (χ0) is 8.69. The molecule has 0 aliphatic rings. The third kappa shape index (κ3) is 7.37. The Kier molecular flexibility index (Phi) is 5.90. The second-order valence-electron chi connectivity index (χ2n) is 3.14. The number of hydrogen-bond donors (Lipinski definition) is 0. The van der Waals surface area contributed by atoms with E-state index in [2.05, 4.69) is 18.9 Å². The maximum Gasteiger partial charge on any atom is 0.0349 e. The lowest BCUT2D eigenvalue weighted by Crippen LogP contribution is -2.06. The quantitative estimate of drug-likeness (QED) is 0.339. The molecule has 0 N–H and O–H groups in total. The summed E-state index contributed by atoms with van der Waals surface area (Å²) in [6, 6.07) is 0. The Balaban J connectivity index is 3.43. The number of hydrazone groups is 1. The van der Waals surface area contributed by atoms with Crippen LogP contribution in [-0.4, -0.2) is 24.8 Å². The highest BCUT2D eigenvalue weighted by atomic mass is 15.4. The van der Waals surface area contributed by atoms with Crippen molar-refractivity contribution in [1.29, 1.82) is 0 Å². The van der Waals surface area contributed by atoms with Crippen molar-refractivity contribution in [1.82, 2.24) is 5.01 Å². The summed E-state index contributed by atoms with van der Waals surface area (Å²) < 4.78 is 0. The van der Waals surface area contributed by atoms with Gasteiger partial charge >= 0.3 is 0 Å². The number of hydrogen-bond acceptors (Lipinski definition) is 2. The van der Waals surface area contributed by atoms with Gasteiger partial charge in [0.05, 0.1) is 0 Å². The third-order valence-corrected chi connectivity index (χ3v) is 1.51. The molecule has 0 amide bonds. The zero-order valence-corrected chi connectivity index (χ0v) is 8.22. The highest BCUT2D eigenvalue weighted by Crippen LogP contribution is 2.00. The van der Waals surface area contributed by atoms with Crippen LogP contribution >= 0.6 is 0 Å². The van der Waals surface area contributed by atoms with Crippen molar-refractivity contribution < 1.29 is 0 Å². The van der Waals surface area contributed by atoms with Gasteiger partial charge in [-0.1, -0.05) is 19.8 Å². The molecule has 0 bridgehead atoms. The van der Waals surface area contributed by atoms with Crippen molar-refractivity contribution in [2.45, 2.75) is 39.5 Å². The van der Waals surface area contributed by atoms with Gasteiger partial charge in [-0.25, -0.2) is 0 Å². The number of nitrogens with zero attached hydrogens (tertiary/aromatic N) is 2. The van der Waals surface area contributed by atoms with Crippen molar-refractivity contribution in [3.63, 3.8) is 0 Å². The van der Waals surface area contributed by atoms with Gasteiger partial charge in [0.2, 0.25) is 0 Å². The molecule has 0 aromatic rings. The molecule has 0 aromatic heterocycles. The molecule has 0 spiro atoms. The summed E-state index contributed by atoms with van der Waals surface area (Å²) in [4.78, 5) is 0. The molecule has 0 saturated carbocycles. The summed E-state index contributed by atoms with van der Waals surface area (Å²) in [5.74, 6) is 0. The molecule has 0 atom stereocenters. The van der Waals surface area contributed by atoms with E-state index in [0.29, 0.717) is 0 Å². The van der Waals surface area contributed by atoms with Gasteiger partial charge in [-0.05, 0) is 19.8 Å². The van der Waals surface area contributed by atoms with Crippen molar-refractivity contribution in [2.75, 3.05) is 14.1 Å². The van der Waals surface area contributed by atoms with Gasteiger partial charge in [0, 0.05) is 19.8 Å². The van der Waals surface area contributed by atoms with Gasteiger partial charge < -0.3 is 5.01 Å². The molecule has 0 aliphatic heterocycles. The number of rotatable bonds is 5. The highest BCUT2D eigenvalue weighted by molar-refractivity contribution is 5.81.